The Hall–Kier alpha value is -0.660. The molecule has 0 spiro atoms. The van der Waals surface area contributed by atoms with Crippen molar-refractivity contribution in [2.75, 3.05) is 6.61 Å². The van der Waals surface area contributed by atoms with E-state index in [9.17, 15) is 0 Å². The van der Waals surface area contributed by atoms with Crippen molar-refractivity contribution in [2.45, 2.75) is 12.8 Å². The molecule has 0 aliphatic heterocycles. The van der Waals surface area contributed by atoms with Gasteiger partial charge in [-0.3, -0.25) is 0 Å². The monoisotopic (exact) mass is 230 g/mol. The van der Waals surface area contributed by atoms with Gasteiger partial charge in [-0.25, -0.2) is 0 Å². The minimum Gasteiger partial charge on any atom is -0.492 e. The predicted octanol–water partition coefficient (Wildman–Crippen LogP) is 4.34. The van der Waals surface area contributed by atoms with Gasteiger partial charge >= 0.3 is 0 Å². The largest absolute Gasteiger partial charge is 0.492 e. The second kappa shape index (κ2) is 5.94. The van der Waals surface area contributed by atoms with Crippen LogP contribution in [0.5, 0.6) is 5.75 Å². The first-order valence-electron chi connectivity index (χ1n) is 4.43. The third kappa shape index (κ3) is 3.60. The number of hydrogen-bond acceptors (Lipinski definition) is 1. The van der Waals surface area contributed by atoms with Crippen LogP contribution in [0.15, 0.2) is 30.9 Å². The molecule has 3 heteroatoms. The second-order valence-corrected chi connectivity index (χ2v) is 3.70. The first-order chi connectivity index (χ1) is 6.74. The van der Waals surface area contributed by atoms with Gasteiger partial charge in [-0.15, -0.1) is 6.58 Å². The summed E-state index contributed by atoms with van der Waals surface area (Å²) in [7, 11) is 0. The Morgan fingerprint density at radius 3 is 2.86 bits per heavy atom. The summed E-state index contributed by atoms with van der Waals surface area (Å²) in [5.74, 6) is 0.642. The Labute approximate surface area is 94.3 Å². The van der Waals surface area contributed by atoms with Crippen LogP contribution >= 0.6 is 23.2 Å². The smallest absolute Gasteiger partial charge is 0.139 e. The summed E-state index contributed by atoms with van der Waals surface area (Å²) in [5, 5.41) is 1.22. The van der Waals surface area contributed by atoms with Crippen LogP contribution in [0.1, 0.15) is 12.8 Å². The fraction of sp³-hybridized carbons (Fsp3) is 0.273. The summed E-state index contributed by atoms with van der Waals surface area (Å²) in [4.78, 5) is 0. The molecule has 0 heterocycles. The Bertz CT molecular complexity index is 310. The summed E-state index contributed by atoms with van der Waals surface area (Å²) in [6, 6.07) is 5.19. The molecule has 1 aromatic rings. The summed E-state index contributed by atoms with van der Waals surface area (Å²) in [6.45, 7) is 4.27. The summed E-state index contributed by atoms with van der Waals surface area (Å²) < 4.78 is 5.46. The Morgan fingerprint density at radius 1 is 1.36 bits per heavy atom. The number of benzene rings is 1. The first-order valence-corrected chi connectivity index (χ1v) is 5.18. The molecular formula is C11H12Cl2O. The van der Waals surface area contributed by atoms with E-state index in [0.29, 0.717) is 22.4 Å². The standard InChI is InChI=1S/C11H12Cl2O/c1-2-3-4-7-14-11-8-9(12)5-6-10(11)13/h2,5-6,8H,1,3-4,7H2. The van der Waals surface area contributed by atoms with Gasteiger partial charge in [-0.1, -0.05) is 29.3 Å². The van der Waals surface area contributed by atoms with Crippen LogP contribution in [-0.4, -0.2) is 6.61 Å². The summed E-state index contributed by atoms with van der Waals surface area (Å²) >= 11 is 11.7. The summed E-state index contributed by atoms with van der Waals surface area (Å²) in [6.07, 6.45) is 3.74. The average Bonchev–Trinajstić information content (AvgIpc) is 2.18. The van der Waals surface area contributed by atoms with Gasteiger partial charge in [0.1, 0.15) is 5.75 Å². The highest BCUT2D eigenvalue weighted by Gasteiger charge is 2.01. The zero-order chi connectivity index (χ0) is 10.4. The van der Waals surface area contributed by atoms with E-state index >= 15 is 0 Å². The lowest BCUT2D eigenvalue weighted by molar-refractivity contribution is 0.312. The Kier molecular flexibility index (Phi) is 4.85. The molecule has 1 rings (SSSR count). The number of rotatable bonds is 5. The van der Waals surface area contributed by atoms with Crippen LogP contribution in [0, 0.1) is 0 Å². The van der Waals surface area contributed by atoms with Crippen LogP contribution in [0.25, 0.3) is 0 Å². The van der Waals surface area contributed by atoms with E-state index < -0.39 is 0 Å². The van der Waals surface area contributed by atoms with Crippen LogP contribution in [-0.2, 0) is 0 Å². The molecular weight excluding hydrogens is 219 g/mol. The molecule has 14 heavy (non-hydrogen) atoms. The van der Waals surface area contributed by atoms with Crippen molar-refractivity contribution in [3.05, 3.63) is 40.9 Å². The maximum absolute atomic E-state index is 5.91. The van der Waals surface area contributed by atoms with E-state index in [0.717, 1.165) is 12.8 Å². The zero-order valence-corrected chi connectivity index (χ0v) is 9.31. The maximum Gasteiger partial charge on any atom is 0.139 e. The van der Waals surface area contributed by atoms with Gasteiger partial charge in [0.25, 0.3) is 0 Å². The fourth-order valence-corrected chi connectivity index (χ4v) is 1.33. The number of hydrogen-bond donors (Lipinski definition) is 0. The highest BCUT2D eigenvalue weighted by atomic mass is 35.5. The Balaban J connectivity index is 2.49. The SMILES string of the molecule is C=CCCCOc1cc(Cl)ccc1Cl. The molecule has 0 aliphatic rings. The van der Waals surface area contributed by atoms with Crippen LogP contribution in [0.2, 0.25) is 10.0 Å². The highest BCUT2D eigenvalue weighted by molar-refractivity contribution is 6.34. The molecule has 0 atom stereocenters. The highest BCUT2D eigenvalue weighted by Crippen LogP contribution is 2.27. The number of allylic oxidation sites excluding steroid dienone is 1. The van der Waals surface area contributed by atoms with Gasteiger partial charge in [-0.2, -0.15) is 0 Å². The molecule has 0 aromatic heterocycles. The van der Waals surface area contributed by atoms with Crippen molar-refractivity contribution in [3.63, 3.8) is 0 Å². The van der Waals surface area contributed by atoms with Crippen molar-refractivity contribution in [1.82, 2.24) is 0 Å². The van der Waals surface area contributed by atoms with E-state index in [1.165, 1.54) is 0 Å². The predicted molar refractivity (Wildman–Crippen MR) is 61.4 cm³/mol. The van der Waals surface area contributed by atoms with E-state index in [2.05, 4.69) is 6.58 Å². The number of halogens is 2. The van der Waals surface area contributed by atoms with E-state index in [-0.39, 0.29) is 0 Å². The fourth-order valence-electron chi connectivity index (χ4n) is 0.998. The average molecular weight is 231 g/mol. The van der Waals surface area contributed by atoms with Crippen LogP contribution in [0.3, 0.4) is 0 Å². The lowest BCUT2D eigenvalue weighted by Gasteiger charge is -2.07. The molecule has 0 amide bonds. The van der Waals surface area contributed by atoms with Gasteiger partial charge in [-0.05, 0) is 25.0 Å². The van der Waals surface area contributed by atoms with Gasteiger partial charge in [0, 0.05) is 11.1 Å². The Morgan fingerprint density at radius 2 is 2.14 bits per heavy atom. The third-order valence-corrected chi connectivity index (χ3v) is 2.25. The van der Waals surface area contributed by atoms with Gasteiger partial charge < -0.3 is 4.74 Å². The van der Waals surface area contributed by atoms with Crippen molar-refractivity contribution < 1.29 is 4.74 Å². The number of ether oxygens (including phenoxy) is 1. The third-order valence-electron chi connectivity index (χ3n) is 1.70. The molecule has 76 valence electrons. The summed E-state index contributed by atoms with van der Waals surface area (Å²) in [5.41, 5.74) is 0. The van der Waals surface area contributed by atoms with E-state index in [1.54, 1.807) is 18.2 Å². The van der Waals surface area contributed by atoms with Gasteiger partial charge in [0.15, 0.2) is 0 Å². The van der Waals surface area contributed by atoms with E-state index in [1.807, 2.05) is 6.08 Å². The molecule has 0 radical (unpaired) electrons. The van der Waals surface area contributed by atoms with Crippen molar-refractivity contribution in [2.24, 2.45) is 0 Å². The lowest BCUT2D eigenvalue weighted by Crippen LogP contribution is -1.96. The van der Waals surface area contributed by atoms with Gasteiger partial charge in [0.2, 0.25) is 0 Å². The molecule has 1 aromatic carbocycles. The topological polar surface area (TPSA) is 9.23 Å². The molecule has 0 fully saturated rings. The minimum absolute atomic E-state index is 0.591. The van der Waals surface area contributed by atoms with Crippen molar-refractivity contribution in [3.8, 4) is 5.75 Å². The maximum atomic E-state index is 5.91. The van der Waals surface area contributed by atoms with Gasteiger partial charge in [0.05, 0.1) is 11.6 Å². The molecule has 0 N–H and O–H groups in total. The van der Waals surface area contributed by atoms with Crippen LogP contribution < -0.4 is 4.74 Å². The van der Waals surface area contributed by atoms with E-state index in [4.69, 9.17) is 27.9 Å². The van der Waals surface area contributed by atoms with Crippen molar-refractivity contribution in [1.29, 1.82) is 0 Å². The molecule has 0 unspecified atom stereocenters. The van der Waals surface area contributed by atoms with Crippen LogP contribution in [0.4, 0.5) is 0 Å². The zero-order valence-electron chi connectivity index (χ0n) is 7.80. The molecule has 0 saturated heterocycles. The molecule has 0 saturated carbocycles. The molecule has 0 bridgehead atoms. The lowest BCUT2D eigenvalue weighted by atomic mass is 10.3. The minimum atomic E-state index is 0.591. The second-order valence-electron chi connectivity index (χ2n) is 2.85. The normalized spacial score (nSPS) is 9.86. The number of unbranched alkanes of at least 4 members (excludes halogenated alkanes) is 1. The molecule has 1 nitrogen and oxygen atoms in total. The van der Waals surface area contributed by atoms with Crippen molar-refractivity contribution >= 4 is 23.2 Å². The first kappa shape index (κ1) is 11.4. The quantitative estimate of drug-likeness (QED) is 0.541. The molecule has 0 aliphatic carbocycles.